The van der Waals surface area contributed by atoms with Crippen LogP contribution in [-0.4, -0.2) is 36.0 Å². The van der Waals surface area contributed by atoms with Gasteiger partial charge in [-0.25, -0.2) is 8.42 Å². The molecule has 0 fully saturated rings. The largest absolute Gasteiger partial charge is 0.307 e. The van der Waals surface area contributed by atoms with Crippen LogP contribution in [0.2, 0.25) is 0 Å². The number of aliphatic imine (C=N–C) groups is 1. The van der Waals surface area contributed by atoms with Crippen LogP contribution in [-0.2, 0) is 21.9 Å². The fraction of sp³-hybridized carbons (Fsp3) is 0.312. The average molecular weight is 361 g/mol. The molecule has 2 N–H and O–H groups in total. The number of carbonyl (C=O) groups is 1. The number of fused-ring (bicyclic) bond motifs is 1. The molecule has 0 radical (unpaired) electrons. The Hall–Kier alpha value is -2.68. The number of amidine groups is 1. The van der Waals surface area contributed by atoms with Crippen LogP contribution in [0.3, 0.4) is 0 Å². The lowest BCUT2D eigenvalue weighted by molar-refractivity contribution is -0.118. The van der Waals surface area contributed by atoms with Crippen LogP contribution < -0.4 is 10.0 Å². The number of sulfonamides is 1. The summed E-state index contributed by atoms with van der Waals surface area (Å²) in [5.74, 6) is 0.134. The Kier molecular flexibility index (Phi) is 4.34. The molecule has 1 aliphatic heterocycles. The van der Waals surface area contributed by atoms with Crippen molar-refractivity contribution in [2.75, 3.05) is 5.32 Å². The first-order chi connectivity index (χ1) is 11.8. The van der Waals surface area contributed by atoms with Crippen molar-refractivity contribution in [1.29, 1.82) is 0 Å². The molecule has 1 aliphatic rings. The van der Waals surface area contributed by atoms with Crippen molar-refractivity contribution in [2.45, 2.75) is 24.8 Å². The maximum absolute atomic E-state index is 12.6. The molecule has 3 rings (SSSR count). The van der Waals surface area contributed by atoms with E-state index in [0.717, 1.165) is 0 Å². The van der Waals surface area contributed by atoms with E-state index in [-0.39, 0.29) is 22.6 Å². The molecule has 0 bridgehead atoms. The summed E-state index contributed by atoms with van der Waals surface area (Å²) in [6.45, 7) is 3.70. The highest BCUT2D eigenvalue weighted by Gasteiger charge is 2.32. The molecular formula is C16H19N5O3S. The van der Waals surface area contributed by atoms with Crippen LogP contribution in [0.1, 0.15) is 19.4 Å². The smallest absolute Gasteiger partial charge is 0.263 e. The van der Waals surface area contributed by atoms with E-state index in [0.29, 0.717) is 11.4 Å². The summed E-state index contributed by atoms with van der Waals surface area (Å²) in [4.78, 5) is 17.1. The third-order valence-corrected chi connectivity index (χ3v) is 5.19. The molecule has 1 aromatic heterocycles. The van der Waals surface area contributed by atoms with Gasteiger partial charge in [-0.1, -0.05) is 26.0 Å². The second kappa shape index (κ2) is 6.32. The van der Waals surface area contributed by atoms with Crippen molar-refractivity contribution in [1.82, 2.24) is 14.5 Å². The Labute approximate surface area is 146 Å². The molecule has 25 heavy (non-hydrogen) atoms. The van der Waals surface area contributed by atoms with E-state index < -0.39 is 16.1 Å². The minimum atomic E-state index is -3.64. The number of amides is 1. The lowest BCUT2D eigenvalue weighted by atomic mass is 10.0. The van der Waals surface area contributed by atoms with Crippen LogP contribution in [0.25, 0.3) is 0 Å². The summed E-state index contributed by atoms with van der Waals surface area (Å²) in [6.07, 6.45) is 1.72. The summed E-state index contributed by atoms with van der Waals surface area (Å²) < 4.78 is 28.3. The molecule has 1 atom stereocenters. The Balaban J connectivity index is 1.92. The number of aromatic nitrogens is 2. The first-order valence-corrected chi connectivity index (χ1v) is 9.27. The number of hydrogen-bond donors (Lipinski definition) is 2. The highest BCUT2D eigenvalue weighted by atomic mass is 32.2. The van der Waals surface area contributed by atoms with E-state index in [4.69, 9.17) is 0 Å². The normalized spacial score (nSPS) is 18.0. The van der Waals surface area contributed by atoms with Gasteiger partial charge in [0.25, 0.3) is 15.9 Å². The molecule has 2 heterocycles. The molecule has 0 aliphatic carbocycles. The molecule has 0 spiro atoms. The molecule has 8 nitrogen and oxygen atoms in total. The number of nitrogens with one attached hydrogen (secondary N) is 2. The standard InChI is InChI=1S/C16H19N5O3S/c1-10(2)14(16(22)17-13-8-9-21(3)19-13)18-15-11-6-4-5-7-12(11)25(23,24)20-15/h4-10,14H,1-3H3,(H,18,20)(H,17,19,22)/t14-/m0/s1. The van der Waals surface area contributed by atoms with E-state index in [9.17, 15) is 13.2 Å². The van der Waals surface area contributed by atoms with Crippen molar-refractivity contribution in [3.63, 3.8) is 0 Å². The topological polar surface area (TPSA) is 105 Å². The van der Waals surface area contributed by atoms with Gasteiger partial charge in [0, 0.05) is 24.9 Å². The average Bonchev–Trinajstić information content (AvgIpc) is 3.06. The molecule has 132 valence electrons. The van der Waals surface area contributed by atoms with E-state index >= 15 is 0 Å². The highest BCUT2D eigenvalue weighted by molar-refractivity contribution is 7.90. The molecule has 1 aromatic carbocycles. The SMILES string of the molecule is CC(C)[C@H](N=C1NS(=O)(=O)c2ccccc21)C(=O)Nc1ccn(C)n1. The van der Waals surface area contributed by atoms with Gasteiger partial charge in [-0.05, 0) is 18.1 Å². The molecular weight excluding hydrogens is 342 g/mol. The van der Waals surface area contributed by atoms with Gasteiger partial charge in [0.05, 0.1) is 4.90 Å². The second-order valence-corrected chi connectivity index (χ2v) is 7.78. The fourth-order valence-corrected chi connectivity index (χ4v) is 3.80. The summed E-state index contributed by atoms with van der Waals surface area (Å²) in [5, 5.41) is 6.82. The van der Waals surface area contributed by atoms with Gasteiger partial charge >= 0.3 is 0 Å². The number of carbonyl (C=O) groups excluding carboxylic acids is 1. The number of aryl methyl sites for hydroxylation is 1. The van der Waals surface area contributed by atoms with Gasteiger partial charge in [0.15, 0.2) is 5.82 Å². The van der Waals surface area contributed by atoms with E-state index in [2.05, 4.69) is 20.1 Å². The summed E-state index contributed by atoms with van der Waals surface area (Å²) in [6, 6.07) is 7.48. The van der Waals surface area contributed by atoms with Crippen LogP contribution in [0, 0.1) is 5.92 Å². The second-order valence-electron chi connectivity index (χ2n) is 6.13. The predicted molar refractivity (Wildman–Crippen MR) is 93.8 cm³/mol. The maximum Gasteiger partial charge on any atom is 0.263 e. The van der Waals surface area contributed by atoms with Gasteiger partial charge in [-0.15, -0.1) is 0 Å². The monoisotopic (exact) mass is 361 g/mol. The van der Waals surface area contributed by atoms with E-state index in [1.807, 2.05) is 13.8 Å². The first kappa shape index (κ1) is 17.2. The van der Waals surface area contributed by atoms with Gasteiger partial charge in [0.2, 0.25) is 0 Å². The van der Waals surface area contributed by atoms with Crippen molar-refractivity contribution in [3.8, 4) is 0 Å². The maximum atomic E-state index is 12.6. The Morgan fingerprint density at radius 2 is 2.00 bits per heavy atom. The van der Waals surface area contributed by atoms with Gasteiger partial charge in [0.1, 0.15) is 11.9 Å². The van der Waals surface area contributed by atoms with Crippen molar-refractivity contribution < 1.29 is 13.2 Å². The number of benzene rings is 1. The summed E-state index contributed by atoms with van der Waals surface area (Å²) >= 11 is 0. The number of rotatable bonds is 4. The molecule has 0 saturated carbocycles. The van der Waals surface area contributed by atoms with Gasteiger partial charge < -0.3 is 5.32 Å². The quantitative estimate of drug-likeness (QED) is 0.851. The number of anilines is 1. The lowest BCUT2D eigenvalue weighted by Gasteiger charge is -2.16. The Morgan fingerprint density at radius 3 is 2.64 bits per heavy atom. The van der Waals surface area contributed by atoms with Crippen molar-refractivity contribution in [3.05, 3.63) is 42.1 Å². The predicted octanol–water partition coefficient (Wildman–Crippen LogP) is 1.12. The van der Waals surface area contributed by atoms with Crippen LogP contribution in [0.4, 0.5) is 5.82 Å². The zero-order valence-electron chi connectivity index (χ0n) is 14.1. The summed E-state index contributed by atoms with van der Waals surface area (Å²) in [5.41, 5.74) is 0.471. The zero-order valence-corrected chi connectivity index (χ0v) is 14.9. The molecule has 0 unspecified atom stereocenters. The first-order valence-electron chi connectivity index (χ1n) is 7.78. The van der Waals surface area contributed by atoms with Crippen molar-refractivity contribution >= 4 is 27.6 Å². The highest BCUT2D eigenvalue weighted by Crippen LogP contribution is 2.23. The van der Waals surface area contributed by atoms with Gasteiger partial charge in [-0.2, -0.15) is 5.10 Å². The molecule has 0 saturated heterocycles. The van der Waals surface area contributed by atoms with E-state index in [1.165, 1.54) is 6.07 Å². The van der Waals surface area contributed by atoms with E-state index in [1.54, 1.807) is 42.2 Å². The lowest BCUT2D eigenvalue weighted by Crippen LogP contribution is -2.34. The minimum Gasteiger partial charge on any atom is -0.307 e. The third kappa shape index (κ3) is 3.41. The fourth-order valence-electron chi connectivity index (χ4n) is 2.56. The molecule has 1 amide bonds. The number of nitrogens with zero attached hydrogens (tertiary/aromatic N) is 3. The zero-order chi connectivity index (χ0) is 18.2. The third-order valence-electron chi connectivity index (χ3n) is 3.80. The Bertz CT molecular complexity index is 946. The molecule has 2 aromatic rings. The summed E-state index contributed by atoms with van der Waals surface area (Å²) in [7, 11) is -1.89. The van der Waals surface area contributed by atoms with Crippen LogP contribution in [0.5, 0.6) is 0 Å². The van der Waals surface area contributed by atoms with Crippen molar-refractivity contribution in [2.24, 2.45) is 18.0 Å². The Morgan fingerprint density at radius 1 is 1.28 bits per heavy atom. The van der Waals surface area contributed by atoms with Crippen LogP contribution >= 0.6 is 0 Å². The molecule has 9 heteroatoms. The van der Waals surface area contributed by atoms with Gasteiger partial charge in [-0.3, -0.25) is 19.2 Å². The number of hydrogen-bond acceptors (Lipinski definition) is 5. The van der Waals surface area contributed by atoms with Crippen LogP contribution in [0.15, 0.2) is 46.4 Å². The minimum absolute atomic E-state index is 0.131.